The molecule has 0 atom stereocenters. The summed E-state index contributed by atoms with van der Waals surface area (Å²) in [7, 11) is 10.5. The molecule has 0 spiro atoms. The summed E-state index contributed by atoms with van der Waals surface area (Å²) in [6.45, 7) is 11.2. The third-order valence-corrected chi connectivity index (χ3v) is 1.31. The van der Waals surface area contributed by atoms with E-state index in [0.29, 0.717) is 0 Å². The molecule has 0 aromatic carbocycles. The van der Waals surface area contributed by atoms with Gasteiger partial charge in [-0.2, -0.15) is 48.4 Å². The smallest absolute Gasteiger partial charge is 0.668 e. The van der Waals surface area contributed by atoms with Crippen molar-refractivity contribution in [1.82, 2.24) is 0 Å². The van der Waals surface area contributed by atoms with Gasteiger partial charge in [0, 0.05) is 0 Å². The fourth-order valence-corrected chi connectivity index (χ4v) is 0.340. The molecule has 4 heteroatoms. The Morgan fingerprint density at radius 1 is 0.857 bits per heavy atom. The molecule has 0 radical (unpaired) electrons. The Labute approximate surface area is 148 Å². The summed E-state index contributed by atoms with van der Waals surface area (Å²) in [5, 5.41) is 10.5. The van der Waals surface area contributed by atoms with Crippen molar-refractivity contribution in [1.29, 1.82) is 0 Å². The molecule has 3 nitrogen and oxygen atoms in total. The van der Waals surface area contributed by atoms with Crippen molar-refractivity contribution in [2.75, 3.05) is 42.3 Å². The summed E-state index contributed by atoms with van der Waals surface area (Å²) in [6, 6.07) is 0. The molecular weight excluding hydrogens is 294 g/mol. The summed E-state index contributed by atoms with van der Waals surface area (Å²) >= 11 is 0. The van der Waals surface area contributed by atoms with Gasteiger partial charge in [0.05, 0.1) is 0 Å². The zero-order chi connectivity index (χ0) is 16.8. The van der Waals surface area contributed by atoms with Crippen LogP contribution in [0.3, 0.4) is 0 Å². The first-order chi connectivity index (χ1) is 9.39. The van der Waals surface area contributed by atoms with Crippen LogP contribution in [0.15, 0.2) is 42.5 Å². The van der Waals surface area contributed by atoms with Gasteiger partial charge in [0.1, 0.15) is 0 Å². The minimum atomic E-state index is 0. The molecule has 0 aromatic rings. The van der Waals surface area contributed by atoms with Crippen LogP contribution in [0.5, 0.6) is 0 Å². The van der Waals surface area contributed by atoms with Gasteiger partial charge in [-0.25, -0.2) is 12.2 Å². The van der Waals surface area contributed by atoms with Crippen molar-refractivity contribution < 1.29 is 21.7 Å². The molecule has 21 heavy (non-hydrogen) atoms. The monoisotopic (exact) mass is 327 g/mol. The quantitative estimate of drug-likeness (QED) is 0.356. The molecule has 0 bridgehead atoms. The number of nitrogens with zero attached hydrogens (tertiary/aromatic N) is 3. The van der Waals surface area contributed by atoms with Gasteiger partial charge < -0.3 is 16.0 Å². The second kappa shape index (κ2) is 36.6. The molecular formula is C17H33N3Ti. The van der Waals surface area contributed by atoms with E-state index in [2.05, 4.69) is 41.3 Å². The largest absolute Gasteiger partial charge is 4.00 e. The van der Waals surface area contributed by atoms with Crippen LogP contribution < -0.4 is 0 Å². The fraction of sp³-hybridized carbons (Fsp3) is 0.529. The maximum Gasteiger partial charge on any atom is 4.00 e. The van der Waals surface area contributed by atoms with Crippen LogP contribution >= 0.6 is 0 Å². The van der Waals surface area contributed by atoms with Crippen molar-refractivity contribution in [3.05, 3.63) is 64.6 Å². The van der Waals surface area contributed by atoms with E-state index < -0.39 is 0 Å². The van der Waals surface area contributed by atoms with Gasteiger partial charge in [-0.1, -0.05) is 24.3 Å². The minimum absolute atomic E-state index is 0. The van der Waals surface area contributed by atoms with E-state index in [0.717, 1.165) is 17.6 Å². The summed E-state index contributed by atoms with van der Waals surface area (Å²) in [6.07, 6.45) is 10.0. The summed E-state index contributed by atoms with van der Waals surface area (Å²) in [5.41, 5.74) is 2.13. The first-order valence-electron chi connectivity index (χ1n) is 6.36. The van der Waals surface area contributed by atoms with Crippen molar-refractivity contribution >= 4 is 0 Å². The molecule has 1 aliphatic rings. The predicted molar refractivity (Wildman–Crippen MR) is 96.8 cm³/mol. The molecule has 0 aliphatic heterocycles. The fourth-order valence-electron chi connectivity index (χ4n) is 0.340. The van der Waals surface area contributed by atoms with E-state index in [9.17, 15) is 0 Å². The molecule has 0 saturated heterocycles. The van der Waals surface area contributed by atoms with Crippen molar-refractivity contribution in [2.24, 2.45) is 0 Å². The number of hydrogen-bond donors (Lipinski definition) is 0. The molecule has 0 aromatic heterocycles. The molecule has 0 heterocycles. The van der Waals surface area contributed by atoms with E-state index in [1.54, 1.807) is 42.3 Å². The van der Waals surface area contributed by atoms with Gasteiger partial charge in [0.2, 0.25) is 0 Å². The Morgan fingerprint density at radius 2 is 1.14 bits per heavy atom. The minimum Gasteiger partial charge on any atom is -0.668 e. The molecule has 0 fully saturated rings. The number of hydrogen-bond acceptors (Lipinski definition) is 0. The van der Waals surface area contributed by atoms with Crippen molar-refractivity contribution in [2.45, 2.75) is 20.3 Å². The standard InChI is InChI=1S/C6H10.C5H5.3C2H6N.Ti/c1-5(2)6(3)4;1-2-4-5-3-1;3*1-3-2;/h1,3H2,2,4H3;1-3H,4H2;3*1-2H3;/q;4*-1;+4. The average Bonchev–Trinajstić information content (AvgIpc) is 2.90. The summed E-state index contributed by atoms with van der Waals surface area (Å²) in [4.78, 5) is 0. The Kier molecular flexibility index (Phi) is 56.7. The molecule has 0 N–H and O–H groups in total. The van der Waals surface area contributed by atoms with E-state index in [4.69, 9.17) is 0 Å². The van der Waals surface area contributed by atoms with E-state index in [-0.39, 0.29) is 21.7 Å². The van der Waals surface area contributed by atoms with Gasteiger partial charge in [-0.15, -0.1) is 6.42 Å². The molecule has 0 unspecified atom stereocenters. The molecule has 1 rings (SSSR count). The first kappa shape index (κ1) is 32.5. The van der Waals surface area contributed by atoms with Crippen LogP contribution in [-0.4, -0.2) is 42.3 Å². The summed E-state index contributed by atoms with van der Waals surface area (Å²) in [5.74, 6) is 0. The Balaban J connectivity index is -0.0000000522. The first-order valence-corrected chi connectivity index (χ1v) is 6.36. The van der Waals surface area contributed by atoms with Crippen LogP contribution in [-0.2, 0) is 21.7 Å². The van der Waals surface area contributed by atoms with Crippen molar-refractivity contribution in [3.8, 4) is 0 Å². The Morgan fingerprint density at radius 3 is 1.19 bits per heavy atom. The molecule has 0 saturated carbocycles. The Bertz CT molecular complexity index is 220. The van der Waals surface area contributed by atoms with Crippen LogP contribution in [0.2, 0.25) is 0 Å². The maximum absolute atomic E-state index is 3.66. The zero-order valence-electron chi connectivity index (χ0n) is 15.2. The van der Waals surface area contributed by atoms with E-state index in [1.165, 1.54) is 0 Å². The van der Waals surface area contributed by atoms with E-state index >= 15 is 0 Å². The van der Waals surface area contributed by atoms with Gasteiger partial charge >= 0.3 is 21.7 Å². The Hall–Kier alpha value is -0.446. The second-order valence-corrected chi connectivity index (χ2v) is 3.91. The van der Waals surface area contributed by atoms with Crippen LogP contribution in [0, 0.1) is 6.08 Å². The molecule has 0 amide bonds. The van der Waals surface area contributed by atoms with Crippen LogP contribution in [0.4, 0.5) is 0 Å². The van der Waals surface area contributed by atoms with Crippen LogP contribution in [0.25, 0.3) is 16.0 Å². The second-order valence-electron chi connectivity index (χ2n) is 3.91. The number of allylic oxidation sites excluding steroid dienone is 6. The molecule has 120 valence electrons. The van der Waals surface area contributed by atoms with Gasteiger partial charge in [-0.3, -0.25) is 6.08 Å². The van der Waals surface area contributed by atoms with Crippen molar-refractivity contribution in [3.63, 3.8) is 0 Å². The molecule has 1 aliphatic carbocycles. The maximum atomic E-state index is 3.66. The normalized spacial score (nSPS) is 8.95. The third kappa shape index (κ3) is 82.3. The van der Waals surface area contributed by atoms with Crippen LogP contribution in [0.1, 0.15) is 20.3 Å². The average molecular weight is 327 g/mol. The zero-order valence-corrected chi connectivity index (χ0v) is 16.8. The van der Waals surface area contributed by atoms with Gasteiger partial charge in [-0.05, 0) is 13.8 Å². The SMILES string of the molecule is C=C(C)C(=C)C.C[N-]C.C[N-]C.C[N-]C.[C-]1=CC=CC1.[Ti+4]. The van der Waals surface area contributed by atoms with Gasteiger partial charge in [0.25, 0.3) is 0 Å². The third-order valence-electron chi connectivity index (χ3n) is 1.31. The van der Waals surface area contributed by atoms with E-state index in [1.807, 2.05) is 26.0 Å². The predicted octanol–water partition coefficient (Wildman–Crippen LogP) is 5.30. The van der Waals surface area contributed by atoms with Gasteiger partial charge in [0.15, 0.2) is 0 Å². The number of rotatable bonds is 1. The summed E-state index contributed by atoms with van der Waals surface area (Å²) < 4.78 is 0. The topological polar surface area (TPSA) is 42.3 Å².